The molecule has 3 nitrogen and oxygen atoms in total. The standard InChI is InChI=1S/C26H36O3/c1-17-15-18-16-20(29-24-5-3-4-14-28-24)7-8-21(18)22-10-12-26(2)19(11-13-27)6-9-23(26)25(17)22/h7-8,11,16-17,22-25,27H,3-6,9-10,12-15H2,1-2H3/t17-,22-,23+,24?,25-,26-/m1/s1. The molecule has 2 saturated carbocycles. The minimum atomic E-state index is -0.0684. The SMILES string of the molecule is C[C@@H]1Cc2cc(OC3CCCCO3)ccc2[C@H]2CC[C@]3(C)C(=CCO)CC[C@H]3[C@H]12. The van der Waals surface area contributed by atoms with Crippen LogP contribution >= 0.6 is 0 Å². The first-order valence-corrected chi connectivity index (χ1v) is 11.8. The topological polar surface area (TPSA) is 38.7 Å². The Bertz CT molecular complexity index is 778. The molecule has 6 atom stereocenters. The van der Waals surface area contributed by atoms with Crippen molar-refractivity contribution in [2.45, 2.75) is 77.4 Å². The minimum Gasteiger partial charge on any atom is -0.465 e. The molecule has 0 radical (unpaired) electrons. The first-order valence-electron chi connectivity index (χ1n) is 11.8. The first-order chi connectivity index (χ1) is 14.1. The Morgan fingerprint density at radius 1 is 1.24 bits per heavy atom. The second-order valence-electron chi connectivity index (χ2n) is 10.2. The molecule has 0 amide bonds. The van der Waals surface area contributed by atoms with Gasteiger partial charge in [0.15, 0.2) is 6.29 Å². The first kappa shape index (κ1) is 19.6. The maximum Gasteiger partial charge on any atom is 0.199 e. The lowest BCUT2D eigenvalue weighted by Gasteiger charge is -2.52. The maximum atomic E-state index is 9.49. The summed E-state index contributed by atoms with van der Waals surface area (Å²) in [5, 5.41) is 9.49. The van der Waals surface area contributed by atoms with Crippen molar-refractivity contribution in [2.24, 2.45) is 23.2 Å². The molecule has 1 aliphatic heterocycles. The van der Waals surface area contributed by atoms with Gasteiger partial charge >= 0.3 is 0 Å². The fourth-order valence-electron chi connectivity index (χ4n) is 7.28. The van der Waals surface area contributed by atoms with Crippen LogP contribution in [0.15, 0.2) is 29.8 Å². The molecule has 3 fully saturated rings. The van der Waals surface area contributed by atoms with Crippen molar-refractivity contribution < 1.29 is 14.6 Å². The fourth-order valence-corrected chi connectivity index (χ4v) is 7.28. The van der Waals surface area contributed by atoms with E-state index in [1.807, 2.05) is 0 Å². The Morgan fingerprint density at radius 3 is 2.93 bits per heavy atom. The van der Waals surface area contributed by atoms with Crippen LogP contribution in [0.25, 0.3) is 0 Å². The van der Waals surface area contributed by atoms with Crippen LogP contribution in [0.1, 0.15) is 75.8 Å². The summed E-state index contributed by atoms with van der Waals surface area (Å²) in [6, 6.07) is 6.85. The average molecular weight is 397 g/mol. The molecular weight excluding hydrogens is 360 g/mol. The van der Waals surface area contributed by atoms with Gasteiger partial charge in [0.1, 0.15) is 5.75 Å². The molecule has 29 heavy (non-hydrogen) atoms. The van der Waals surface area contributed by atoms with E-state index in [1.54, 1.807) is 5.56 Å². The third-order valence-corrected chi connectivity index (χ3v) is 8.64. The number of hydrogen-bond donors (Lipinski definition) is 1. The van der Waals surface area contributed by atoms with Crippen molar-refractivity contribution >= 4 is 0 Å². The Balaban J connectivity index is 1.39. The van der Waals surface area contributed by atoms with Crippen molar-refractivity contribution in [3.8, 4) is 5.75 Å². The van der Waals surface area contributed by atoms with Crippen molar-refractivity contribution in [2.75, 3.05) is 13.2 Å². The maximum absolute atomic E-state index is 9.49. The molecule has 3 heteroatoms. The molecule has 0 bridgehead atoms. The van der Waals surface area contributed by atoms with Gasteiger partial charge in [0, 0.05) is 6.42 Å². The van der Waals surface area contributed by atoms with E-state index in [9.17, 15) is 5.11 Å². The van der Waals surface area contributed by atoms with Crippen LogP contribution in [0.3, 0.4) is 0 Å². The Labute approximate surface area is 175 Å². The number of fused-ring (bicyclic) bond motifs is 5. The highest BCUT2D eigenvalue weighted by Gasteiger charge is 2.54. The molecular formula is C26H36O3. The number of hydrogen-bond acceptors (Lipinski definition) is 3. The largest absolute Gasteiger partial charge is 0.465 e. The monoisotopic (exact) mass is 396 g/mol. The fraction of sp³-hybridized carbons (Fsp3) is 0.692. The van der Waals surface area contributed by atoms with Crippen LogP contribution in [0.4, 0.5) is 0 Å². The normalized spacial score (nSPS) is 40.2. The third kappa shape index (κ3) is 3.35. The van der Waals surface area contributed by atoms with E-state index in [0.717, 1.165) is 43.5 Å². The van der Waals surface area contributed by atoms with Crippen molar-refractivity contribution in [1.29, 1.82) is 0 Å². The van der Waals surface area contributed by atoms with Gasteiger partial charge in [-0.25, -0.2) is 0 Å². The van der Waals surface area contributed by atoms with Crippen LogP contribution in [-0.2, 0) is 11.2 Å². The zero-order valence-electron chi connectivity index (χ0n) is 18.0. The number of allylic oxidation sites excluding steroid dienone is 1. The zero-order chi connectivity index (χ0) is 20.0. The molecule has 1 aromatic carbocycles. The lowest BCUT2D eigenvalue weighted by Crippen LogP contribution is -2.43. The van der Waals surface area contributed by atoms with E-state index >= 15 is 0 Å². The molecule has 1 N–H and O–H groups in total. The molecule has 0 aromatic heterocycles. The highest BCUT2D eigenvalue weighted by molar-refractivity contribution is 5.42. The van der Waals surface area contributed by atoms with Gasteiger partial charge in [-0.15, -0.1) is 0 Å². The Hall–Kier alpha value is -1.32. The second-order valence-corrected chi connectivity index (χ2v) is 10.2. The van der Waals surface area contributed by atoms with Crippen LogP contribution in [0, 0.1) is 23.2 Å². The summed E-state index contributed by atoms with van der Waals surface area (Å²) in [5.74, 6) is 3.89. The molecule has 0 spiro atoms. The van der Waals surface area contributed by atoms with Crippen molar-refractivity contribution in [3.63, 3.8) is 0 Å². The summed E-state index contributed by atoms with van der Waals surface area (Å²) in [6.45, 7) is 5.96. The van der Waals surface area contributed by atoms with Crippen molar-refractivity contribution in [3.05, 3.63) is 41.0 Å². The summed E-state index contributed by atoms with van der Waals surface area (Å²) in [5.41, 5.74) is 4.90. The molecule has 4 aliphatic rings. The van der Waals surface area contributed by atoms with Crippen LogP contribution in [0.2, 0.25) is 0 Å². The highest BCUT2D eigenvalue weighted by Crippen LogP contribution is 2.63. The van der Waals surface area contributed by atoms with Crippen LogP contribution < -0.4 is 4.74 Å². The summed E-state index contributed by atoms with van der Waals surface area (Å²) in [4.78, 5) is 0. The van der Waals surface area contributed by atoms with E-state index in [4.69, 9.17) is 9.47 Å². The zero-order valence-corrected chi connectivity index (χ0v) is 18.0. The van der Waals surface area contributed by atoms with Gasteiger partial charge in [-0.1, -0.05) is 31.6 Å². The van der Waals surface area contributed by atoms with Gasteiger partial charge in [0.05, 0.1) is 13.2 Å². The number of ether oxygens (including phenoxy) is 2. The average Bonchev–Trinajstić information content (AvgIpc) is 3.05. The quantitative estimate of drug-likeness (QED) is 0.675. The van der Waals surface area contributed by atoms with Crippen LogP contribution in [0.5, 0.6) is 5.75 Å². The van der Waals surface area contributed by atoms with Gasteiger partial charge in [0.25, 0.3) is 0 Å². The molecule has 5 rings (SSSR count). The lowest BCUT2D eigenvalue weighted by atomic mass is 9.52. The molecule has 3 aliphatic carbocycles. The van der Waals surface area contributed by atoms with Gasteiger partial charge < -0.3 is 14.6 Å². The molecule has 1 unspecified atom stereocenters. The molecule has 1 heterocycles. The third-order valence-electron chi connectivity index (χ3n) is 8.64. The lowest BCUT2D eigenvalue weighted by molar-refractivity contribution is -0.105. The van der Waals surface area contributed by atoms with Gasteiger partial charge in [-0.2, -0.15) is 0 Å². The Kier molecular flexibility index (Phi) is 5.24. The van der Waals surface area contributed by atoms with Gasteiger partial charge in [-0.3, -0.25) is 0 Å². The predicted octanol–water partition coefficient (Wildman–Crippen LogP) is 5.61. The summed E-state index contributed by atoms with van der Waals surface area (Å²) < 4.78 is 11.9. The summed E-state index contributed by atoms with van der Waals surface area (Å²) in [7, 11) is 0. The number of aliphatic hydroxyl groups excluding tert-OH is 1. The molecule has 158 valence electrons. The Morgan fingerprint density at radius 2 is 2.14 bits per heavy atom. The predicted molar refractivity (Wildman–Crippen MR) is 115 cm³/mol. The van der Waals surface area contributed by atoms with Gasteiger partial charge in [-0.05, 0) is 97.3 Å². The van der Waals surface area contributed by atoms with Gasteiger partial charge in [0.2, 0.25) is 0 Å². The molecule has 1 saturated heterocycles. The van der Waals surface area contributed by atoms with E-state index in [2.05, 4.69) is 38.1 Å². The number of aliphatic hydroxyl groups is 1. The summed E-state index contributed by atoms with van der Waals surface area (Å²) in [6.07, 6.45) is 11.5. The second kappa shape index (κ2) is 7.74. The highest BCUT2D eigenvalue weighted by atomic mass is 16.7. The van der Waals surface area contributed by atoms with Crippen LogP contribution in [-0.4, -0.2) is 24.6 Å². The smallest absolute Gasteiger partial charge is 0.199 e. The minimum absolute atomic E-state index is 0.0684. The number of rotatable bonds is 3. The molecule has 1 aromatic rings. The number of benzene rings is 1. The van der Waals surface area contributed by atoms with E-state index in [0.29, 0.717) is 17.3 Å². The van der Waals surface area contributed by atoms with E-state index < -0.39 is 0 Å². The summed E-state index contributed by atoms with van der Waals surface area (Å²) >= 11 is 0. The van der Waals surface area contributed by atoms with E-state index in [-0.39, 0.29) is 12.9 Å². The van der Waals surface area contributed by atoms with E-state index in [1.165, 1.54) is 43.2 Å². The van der Waals surface area contributed by atoms with Crippen molar-refractivity contribution in [1.82, 2.24) is 0 Å².